The molecular formula is C10H12N4O3. The Kier molecular flexibility index (Phi) is 2.90. The van der Waals surface area contributed by atoms with Gasteiger partial charge in [0, 0.05) is 25.2 Å². The predicted molar refractivity (Wildman–Crippen MR) is 60.7 cm³/mol. The van der Waals surface area contributed by atoms with Crippen LogP contribution in [-0.2, 0) is 4.79 Å². The van der Waals surface area contributed by atoms with Crippen LogP contribution in [0.1, 0.15) is 12.0 Å². The molecule has 90 valence electrons. The van der Waals surface area contributed by atoms with E-state index in [1.165, 1.54) is 6.07 Å². The third-order valence-electron chi connectivity index (χ3n) is 2.52. The fraction of sp³-hybridized carbons (Fsp3) is 0.400. The lowest BCUT2D eigenvalue weighted by Gasteiger charge is -2.11. The second-order valence-corrected chi connectivity index (χ2v) is 3.99. The standard InChI is InChI=1S/C10H12N4O3/c1-6-2-8(14(16)17)10(12-4-6)13-7-3-9(15)11-5-7/h2,4,7H,3,5H2,1H3,(H,11,15)(H,12,13). The molecule has 0 aliphatic carbocycles. The largest absolute Gasteiger partial charge is 0.359 e. The number of nitro groups is 1. The molecule has 0 aromatic carbocycles. The van der Waals surface area contributed by atoms with Gasteiger partial charge in [-0.1, -0.05) is 0 Å². The van der Waals surface area contributed by atoms with Gasteiger partial charge < -0.3 is 10.6 Å². The Morgan fingerprint density at radius 1 is 1.65 bits per heavy atom. The van der Waals surface area contributed by atoms with Crippen molar-refractivity contribution in [1.29, 1.82) is 0 Å². The molecule has 1 aliphatic rings. The number of anilines is 1. The number of carbonyl (C=O) groups is 1. The van der Waals surface area contributed by atoms with E-state index in [9.17, 15) is 14.9 Å². The third-order valence-corrected chi connectivity index (χ3v) is 2.52. The van der Waals surface area contributed by atoms with E-state index in [2.05, 4.69) is 15.6 Å². The van der Waals surface area contributed by atoms with Crippen LogP contribution in [0.15, 0.2) is 12.3 Å². The minimum Gasteiger partial charge on any atom is -0.359 e. The third kappa shape index (κ3) is 2.49. The molecule has 2 N–H and O–H groups in total. The molecule has 7 heteroatoms. The second kappa shape index (κ2) is 4.36. The zero-order chi connectivity index (χ0) is 12.4. The van der Waals surface area contributed by atoms with Gasteiger partial charge in [-0.2, -0.15) is 0 Å². The Morgan fingerprint density at radius 3 is 3.00 bits per heavy atom. The van der Waals surface area contributed by atoms with Crippen LogP contribution < -0.4 is 10.6 Å². The lowest BCUT2D eigenvalue weighted by Crippen LogP contribution is -2.23. The van der Waals surface area contributed by atoms with Crippen molar-refractivity contribution in [2.45, 2.75) is 19.4 Å². The summed E-state index contributed by atoms with van der Waals surface area (Å²) in [5, 5.41) is 16.4. The van der Waals surface area contributed by atoms with E-state index in [-0.39, 0.29) is 23.5 Å². The Balaban J connectivity index is 2.20. The van der Waals surface area contributed by atoms with E-state index in [0.29, 0.717) is 13.0 Å². The van der Waals surface area contributed by atoms with E-state index in [1.807, 2.05) is 0 Å². The van der Waals surface area contributed by atoms with Gasteiger partial charge in [0.2, 0.25) is 11.7 Å². The van der Waals surface area contributed by atoms with Crippen molar-refractivity contribution in [3.8, 4) is 0 Å². The Hall–Kier alpha value is -2.18. The monoisotopic (exact) mass is 236 g/mol. The number of hydrogen-bond donors (Lipinski definition) is 2. The van der Waals surface area contributed by atoms with E-state index < -0.39 is 4.92 Å². The highest BCUT2D eigenvalue weighted by atomic mass is 16.6. The van der Waals surface area contributed by atoms with Crippen LogP contribution in [-0.4, -0.2) is 28.4 Å². The highest BCUT2D eigenvalue weighted by Gasteiger charge is 2.24. The van der Waals surface area contributed by atoms with E-state index in [1.54, 1.807) is 13.1 Å². The van der Waals surface area contributed by atoms with Crippen LogP contribution in [0.25, 0.3) is 0 Å². The highest BCUT2D eigenvalue weighted by Crippen LogP contribution is 2.23. The Morgan fingerprint density at radius 2 is 2.41 bits per heavy atom. The molecule has 0 saturated carbocycles. The van der Waals surface area contributed by atoms with Crippen molar-refractivity contribution in [3.63, 3.8) is 0 Å². The average Bonchev–Trinajstić information content (AvgIpc) is 2.66. The molecule has 17 heavy (non-hydrogen) atoms. The van der Waals surface area contributed by atoms with Crippen molar-refractivity contribution in [2.24, 2.45) is 0 Å². The van der Waals surface area contributed by atoms with Gasteiger partial charge in [0.25, 0.3) is 0 Å². The summed E-state index contributed by atoms with van der Waals surface area (Å²) in [6.07, 6.45) is 1.87. The van der Waals surface area contributed by atoms with Gasteiger partial charge in [-0.25, -0.2) is 4.98 Å². The number of nitrogens with zero attached hydrogens (tertiary/aromatic N) is 2. The van der Waals surface area contributed by atoms with E-state index in [4.69, 9.17) is 0 Å². The Labute approximate surface area is 97.4 Å². The second-order valence-electron chi connectivity index (χ2n) is 3.99. The lowest BCUT2D eigenvalue weighted by atomic mass is 10.2. The lowest BCUT2D eigenvalue weighted by molar-refractivity contribution is -0.384. The SMILES string of the molecule is Cc1cnc(NC2CNC(=O)C2)c([N+](=O)[O-])c1. The highest BCUT2D eigenvalue weighted by molar-refractivity contribution is 5.79. The molecule has 0 radical (unpaired) electrons. The minimum absolute atomic E-state index is 0.0581. The first-order chi connectivity index (χ1) is 8.06. The summed E-state index contributed by atoms with van der Waals surface area (Å²) >= 11 is 0. The molecule has 1 atom stereocenters. The molecule has 1 aromatic heterocycles. The summed E-state index contributed by atoms with van der Waals surface area (Å²) in [6, 6.07) is 1.32. The number of nitrogens with one attached hydrogen (secondary N) is 2. The maximum atomic E-state index is 11.0. The molecule has 2 rings (SSSR count). The minimum atomic E-state index is -0.480. The number of rotatable bonds is 3. The predicted octanol–water partition coefficient (Wildman–Crippen LogP) is 0.599. The molecular weight excluding hydrogens is 224 g/mol. The van der Waals surface area contributed by atoms with Crippen LogP contribution in [0.2, 0.25) is 0 Å². The number of aromatic nitrogens is 1. The maximum Gasteiger partial charge on any atom is 0.311 e. The van der Waals surface area contributed by atoms with Gasteiger partial charge in [-0.05, 0) is 12.5 Å². The van der Waals surface area contributed by atoms with Gasteiger partial charge in [0.1, 0.15) is 0 Å². The van der Waals surface area contributed by atoms with E-state index in [0.717, 1.165) is 5.56 Å². The normalized spacial score (nSPS) is 18.9. The van der Waals surface area contributed by atoms with Gasteiger partial charge in [-0.15, -0.1) is 0 Å². The topological polar surface area (TPSA) is 97.2 Å². The van der Waals surface area contributed by atoms with Crippen LogP contribution in [0, 0.1) is 17.0 Å². The van der Waals surface area contributed by atoms with E-state index >= 15 is 0 Å². The summed E-state index contributed by atoms with van der Waals surface area (Å²) in [7, 11) is 0. The molecule has 1 aliphatic heterocycles. The molecule has 1 amide bonds. The molecule has 1 aromatic rings. The summed E-state index contributed by atoms with van der Waals surface area (Å²) in [6.45, 7) is 2.20. The van der Waals surface area contributed by atoms with Gasteiger partial charge in [0.05, 0.1) is 11.0 Å². The fourth-order valence-corrected chi connectivity index (χ4v) is 1.70. The number of carbonyl (C=O) groups excluding carboxylic acids is 1. The molecule has 1 saturated heterocycles. The van der Waals surface area contributed by atoms with Crippen molar-refractivity contribution >= 4 is 17.4 Å². The molecule has 1 fully saturated rings. The first-order valence-corrected chi connectivity index (χ1v) is 5.20. The number of hydrogen-bond acceptors (Lipinski definition) is 5. The van der Waals surface area contributed by atoms with Crippen molar-refractivity contribution in [3.05, 3.63) is 27.9 Å². The maximum absolute atomic E-state index is 11.0. The summed E-state index contributed by atoms with van der Waals surface area (Å²) in [5.74, 6) is 0.152. The first-order valence-electron chi connectivity index (χ1n) is 5.20. The molecule has 7 nitrogen and oxygen atoms in total. The Bertz CT molecular complexity index is 475. The number of amides is 1. The zero-order valence-electron chi connectivity index (χ0n) is 9.27. The quantitative estimate of drug-likeness (QED) is 0.591. The fourth-order valence-electron chi connectivity index (χ4n) is 1.70. The molecule has 0 spiro atoms. The smallest absolute Gasteiger partial charge is 0.311 e. The van der Waals surface area contributed by atoms with Gasteiger partial charge in [0.15, 0.2) is 0 Å². The van der Waals surface area contributed by atoms with Crippen molar-refractivity contribution in [2.75, 3.05) is 11.9 Å². The van der Waals surface area contributed by atoms with Crippen LogP contribution >= 0.6 is 0 Å². The van der Waals surface area contributed by atoms with Gasteiger partial charge in [-0.3, -0.25) is 14.9 Å². The summed E-state index contributed by atoms with van der Waals surface area (Å²) in [5.41, 5.74) is 0.659. The van der Waals surface area contributed by atoms with Crippen LogP contribution in [0.4, 0.5) is 11.5 Å². The van der Waals surface area contributed by atoms with Gasteiger partial charge >= 0.3 is 5.69 Å². The number of aryl methyl sites for hydroxylation is 1. The van der Waals surface area contributed by atoms with Crippen molar-refractivity contribution in [1.82, 2.24) is 10.3 Å². The van der Waals surface area contributed by atoms with Crippen LogP contribution in [0.3, 0.4) is 0 Å². The zero-order valence-corrected chi connectivity index (χ0v) is 9.27. The average molecular weight is 236 g/mol. The summed E-state index contributed by atoms with van der Waals surface area (Å²) < 4.78 is 0. The number of pyridine rings is 1. The van der Waals surface area contributed by atoms with Crippen LogP contribution in [0.5, 0.6) is 0 Å². The first kappa shape index (κ1) is 11.3. The molecule has 2 heterocycles. The molecule has 1 unspecified atom stereocenters. The summed E-state index contributed by atoms with van der Waals surface area (Å²) in [4.78, 5) is 25.4. The molecule has 0 bridgehead atoms. The van der Waals surface area contributed by atoms with Crippen molar-refractivity contribution < 1.29 is 9.72 Å².